The average molecular weight is 251 g/mol. The maximum atomic E-state index is 10.7. The molecule has 0 bridgehead atoms. The van der Waals surface area contributed by atoms with Gasteiger partial charge in [0.15, 0.2) is 0 Å². The quantitative estimate of drug-likeness (QED) is 0.774. The summed E-state index contributed by atoms with van der Waals surface area (Å²) in [5.74, 6) is 0.763. The molecule has 0 spiro atoms. The Labute approximate surface area is 108 Å². The van der Waals surface area contributed by atoms with Crippen molar-refractivity contribution < 1.29 is 14.6 Å². The zero-order valence-electron chi connectivity index (χ0n) is 10.8. The smallest absolute Gasteiger partial charge is 0.125 e. The number of benzene rings is 1. The van der Waals surface area contributed by atoms with E-state index in [1.807, 2.05) is 24.3 Å². The molecule has 0 amide bonds. The molecule has 1 saturated heterocycles. The maximum absolute atomic E-state index is 10.7. The van der Waals surface area contributed by atoms with Crippen LogP contribution in [0.15, 0.2) is 24.3 Å². The van der Waals surface area contributed by atoms with Crippen molar-refractivity contribution in [2.75, 3.05) is 33.4 Å². The van der Waals surface area contributed by atoms with Gasteiger partial charge < -0.3 is 19.9 Å². The fourth-order valence-corrected chi connectivity index (χ4v) is 2.32. The molecule has 100 valence electrons. The number of piperidine rings is 1. The third kappa shape index (κ3) is 3.02. The van der Waals surface area contributed by atoms with Crippen LogP contribution in [0.2, 0.25) is 0 Å². The van der Waals surface area contributed by atoms with Crippen LogP contribution in [0.5, 0.6) is 5.75 Å². The first-order chi connectivity index (χ1) is 8.76. The summed E-state index contributed by atoms with van der Waals surface area (Å²) in [6.45, 7) is 2.72. The Morgan fingerprint density at radius 2 is 1.94 bits per heavy atom. The fraction of sp³-hybridized carbons (Fsp3) is 0.571. The summed E-state index contributed by atoms with van der Waals surface area (Å²) in [6, 6.07) is 7.73. The van der Waals surface area contributed by atoms with Gasteiger partial charge in [0.25, 0.3) is 0 Å². The Morgan fingerprint density at radius 3 is 2.67 bits per heavy atom. The number of ether oxygens (including phenoxy) is 2. The van der Waals surface area contributed by atoms with Gasteiger partial charge in [-0.15, -0.1) is 0 Å². The average Bonchev–Trinajstić information content (AvgIpc) is 2.40. The molecule has 0 aromatic heterocycles. The van der Waals surface area contributed by atoms with Gasteiger partial charge in [0.1, 0.15) is 12.4 Å². The molecule has 0 atom stereocenters. The molecule has 1 heterocycles. The van der Waals surface area contributed by atoms with Gasteiger partial charge in [-0.05, 0) is 32.0 Å². The van der Waals surface area contributed by atoms with Gasteiger partial charge in [0, 0.05) is 12.7 Å². The van der Waals surface area contributed by atoms with Crippen LogP contribution >= 0.6 is 0 Å². The molecular weight excluding hydrogens is 230 g/mol. The van der Waals surface area contributed by atoms with E-state index < -0.39 is 5.60 Å². The van der Waals surface area contributed by atoms with Gasteiger partial charge in [-0.1, -0.05) is 18.2 Å². The summed E-state index contributed by atoms with van der Waals surface area (Å²) in [5.41, 5.74) is 0.122. The van der Waals surface area contributed by atoms with E-state index in [4.69, 9.17) is 9.47 Å². The molecule has 1 aliphatic heterocycles. The highest BCUT2D eigenvalue weighted by Gasteiger charge is 2.33. The predicted octanol–water partition coefficient (Wildman–Crippen LogP) is 1.28. The van der Waals surface area contributed by atoms with Gasteiger partial charge >= 0.3 is 0 Å². The lowest BCUT2D eigenvalue weighted by atomic mass is 9.84. The van der Waals surface area contributed by atoms with E-state index in [9.17, 15) is 5.11 Å². The molecule has 1 fully saturated rings. The summed E-state index contributed by atoms with van der Waals surface area (Å²) in [7, 11) is 1.65. The van der Waals surface area contributed by atoms with Gasteiger partial charge in [0.05, 0.1) is 12.2 Å². The van der Waals surface area contributed by atoms with Crippen LogP contribution in [0.4, 0.5) is 0 Å². The van der Waals surface area contributed by atoms with Crippen molar-refractivity contribution in [2.45, 2.75) is 18.4 Å². The van der Waals surface area contributed by atoms with Gasteiger partial charge in [-0.25, -0.2) is 0 Å². The summed E-state index contributed by atoms with van der Waals surface area (Å²) in [6.07, 6.45) is 1.44. The van der Waals surface area contributed by atoms with Crippen LogP contribution in [0.25, 0.3) is 0 Å². The molecule has 4 heteroatoms. The Bertz CT molecular complexity index is 375. The van der Waals surface area contributed by atoms with Gasteiger partial charge in [-0.3, -0.25) is 0 Å². The fourth-order valence-electron chi connectivity index (χ4n) is 2.32. The molecule has 0 unspecified atom stereocenters. The molecule has 0 aliphatic carbocycles. The number of nitrogens with one attached hydrogen (secondary N) is 1. The zero-order chi connectivity index (χ0) is 12.8. The molecule has 0 saturated carbocycles. The van der Waals surface area contributed by atoms with E-state index in [0.29, 0.717) is 13.2 Å². The highest BCUT2D eigenvalue weighted by molar-refractivity contribution is 5.38. The minimum absolute atomic E-state index is 0.502. The topological polar surface area (TPSA) is 50.7 Å². The third-order valence-corrected chi connectivity index (χ3v) is 3.36. The van der Waals surface area contributed by atoms with E-state index in [1.165, 1.54) is 0 Å². The van der Waals surface area contributed by atoms with Gasteiger partial charge in [-0.2, -0.15) is 0 Å². The second-order valence-corrected chi connectivity index (χ2v) is 4.62. The van der Waals surface area contributed by atoms with Crippen molar-refractivity contribution in [3.8, 4) is 5.75 Å². The monoisotopic (exact) mass is 251 g/mol. The summed E-state index contributed by atoms with van der Waals surface area (Å²) in [4.78, 5) is 0. The molecule has 2 N–H and O–H groups in total. The first-order valence-corrected chi connectivity index (χ1v) is 6.40. The number of hydrogen-bond acceptors (Lipinski definition) is 4. The Hall–Kier alpha value is -1.10. The Morgan fingerprint density at radius 1 is 1.22 bits per heavy atom. The Balaban J connectivity index is 2.15. The van der Waals surface area contributed by atoms with Crippen molar-refractivity contribution >= 4 is 0 Å². The van der Waals surface area contributed by atoms with Crippen LogP contribution < -0.4 is 10.1 Å². The Kier molecular flexibility index (Phi) is 4.58. The molecule has 4 nitrogen and oxygen atoms in total. The SMILES string of the molecule is COCCOc1ccccc1C1(O)CCNCC1. The third-order valence-electron chi connectivity index (χ3n) is 3.36. The molecular formula is C14H21NO3. The van der Waals surface area contributed by atoms with E-state index >= 15 is 0 Å². The summed E-state index contributed by atoms with van der Waals surface area (Å²) < 4.78 is 10.7. The predicted molar refractivity (Wildman–Crippen MR) is 69.8 cm³/mol. The minimum atomic E-state index is -0.769. The van der Waals surface area contributed by atoms with Gasteiger partial charge in [0.2, 0.25) is 0 Å². The summed E-state index contributed by atoms with van der Waals surface area (Å²) in [5, 5.41) is 14.0. The highest BCUT2D eigenvalue weighted by Crippen LogP contribution is 2.36. The van der Waals surface area contributed by atoms with E-state index in [-0.39, 0.29) is 0 Å². The standard InChI is InChI=1S/C14H21NO3/c1-17-10-11-18-13-5-3-2-4-12(13)14(16)6-8-15-9-7-14/h2-5,15-16H,6-11H2,1H3. The van der Waals surface area contributed by atoms with Crippen molar-refractivity contribution in [1.82, 2.24) is 5.32 Å². The van der Waals surface area contributed by atoms with Crippen LogP contribution in [0.3, 0.4) is 0 Å². The van der Waals surface area contributed by atoms with Crippen molar-refractivity contribution in [3.63, 3.8) is 0 Å². The first kappa shape index (κ1) is 13.3. The van der Waals surface area contributed by atoms with E-state index in [0.717, 1.165) is 37.2 Å². The number of rotatable bonds is 5. The van der Waals surface area contributed by atoms with Crippen molar-refractivity contribution in [3.05, 3.63) is 29.8 Å². The van der Waals surface area contributed by atoms with Crippen molar-refractivity contribution in [2.24, 2.45) is 0 Å². The molecule has 1 aliphatic rings. The molecule has 1 aromatic carbocycles. The zero-order valence-corrected chi connectivity index (χ0v) is 10.8. The first-order valence-electron chi connectivity index (χ1n) is 6.40. The van der Waals surface area contributed by atoms with Crippen LogP contribution in [-0.2, 0) is 10.3 Å². The van der Waals surface area contributed by atoms with Crippen molar-refractivity contribution in [1.29, 1.82) is 0 Å². The molecule has 0 radical (unpaired) electrons. The largest absolute Gasteiger partial charge is 0.491 e. The van der Waals surface area contributed by atoms with Crippen LogP contribution in [0, 0.1) is 0 Å². The lowest BCUT2D eigenvalue weighted by molar-refractivity contribution is 0.00294. The summed E-state index contributed by atoms with van der Waals surface area (Å²) >= 11 is 0. The number of hydrogen-bond donors (Lipinski definition) is 2. The van der Waals surface area contributed by atoms with Crippen LogP contribution in [-0.4, -0.2) is 38.5 Å². The second kappa shape index (κ2) is 6.18. The highest BCUT2D eigenvalue weighted by atomic mass is 16.5. The lowest BCUT2D eigenvalue weighted by Gasteiger charge is -2.34. The van der Waals surface area contributed by atoms with Crippen LogP contribution in [0.1, 0.15) is 18.4 Å². The lowest BCUT2D eigenvalue weighted by Crippen LogP contribution is -2.40. The maximum Gasteiger partial charge on any atom is 0.125 e. The molecule has 18 heavy (non-hydrogen) atoms. The normalized spacial score (nSPS) is 18.6. The molecule has 2 rings (SSSR count). The molecule has 1 aromatic rings. The second-order valence-electron chi connectivity index (χ2n) is 4.62. The number of aliphatic hydroxyl groups is 1. The number of methoxy groups -OCH3 is 1. The number of para-hydroxylation sites is 1. The van der Waals surface area contributed by atoms with E-state index in [1.54, 1.807) is 7.11 Å². The van der Waals surface area contributed by atoms with E-state index in [2.05, 4.69) is 5.32 Å². The minimum Gasteiger partial charge on any atom is -0.491 e.